The number of aryl methyl sites for hydroxylation is 2. The Morgan fingerprint density at radius 3 is 1.68 bits per heavy atom. The van der Waals surface area contributed by atoms with Gasteiger partial charge < -0.3 is 15.1 Å². The molecule has 0 amide bonds. The van der Waals surface area contributed by atoms with Crippen LogP contribution in [0.1, 0.15) is 60.8 Å². The minimum atomic E-state index is -0.128. The fourth-order valence-corrected chi connectivity index (χ4v) is 6.30. The molecular formula is C35H39NO2. The molecule has 0 radical (unpaired) electrons. The Labute approximate surface area is 227 Å². The number of nitrogens with zero attached hydrogens (tertiary/aromatic N) is 1. The summed E-state index contributed by atoms with van der Waals surface area (Å²) in [5.41, 5.74) is 11.2. The molecule has 0 bridgehead atoms. The van der Waals surface area contributed by atoms with Crippen LogP contribution >= 0.6 is 0 Å². The number of rotatable bonds is 11. The first-order valence-corrected chi connectivity index (χ1v) is 14.0. The summed E-state index contributed by atoms with van der Waals surface area (Å²) in [7, 11) is 0. The molecular weight excluding hydrogens is 466 g/mol. The van der Waals surface area contributed by atoms with Crippen LogP contribution in [0.5, 0.6) is 0 Å². The minimum Gasteiger partial charge on any atom is -0.396 e. The van der Waals surface area contributed by atoms with Crippen LogP contribution in [0, 0.1) is 13.8 Å². The summed E-state index contributed by atoms with van der Waals surface area (Å²) in [6.45, 7) is 4.72. The Kier molecular flexibility index (Phi) is 7.97. The number of anilines is 3. The largest absolute Gasteiger partial charge is 0.396 e. The van der Waals surface area contributed by atoms with Crippen molar-refractivity contribution in [2.24, 2.45) is 0 Å². The molecule has 3 nitrogen and oxygen atoms in total. The molecule has 38 heavy (non-hydrogen) atoms. The van der Waals surface area contributed by atoms with Gasteiger partial charge in [-0.1, -0.05) is 54.6 Å². The van der Waals surface area contributed by atoms with Gasteiger partial charge in [0, 0.05) is 35.7 Å². The van der Waals surface area contributed by atoms with Crippen molar-refractivity contribution >= 4 is 17.1 Å². The lowest BCUT2D eigenvalue weighted by molar-refractivity contribution is 0.266. The molecule has 0 saturated heterocycles. The van der Waals surface area contributed by atoms with Crippen molar-refractivity contribution in [3.63, 3.8) is 0 Å². The lowest BCUT2D eigenvalue weighted by atomic mass is 9.70. The second-order valence-corrected chi connectivity index (χ2v) is 10.7. The number of unbranched alkanes of at least 4 members (excludes halogenated alkanes) is 2. The van der Waals surface area contributed by atoms with E-state index in [0.29, 0.717) is 0 Å². The first-order valence-electron chi connectivity index (χ1n) is 14.0. The highest BCUT2D eigenvalue weighted by Crippen LogP contribution is 2.55. The minimum absolute atomic E-state index is 0.128. The van der Waals surface area contributed by atoms with Crippen molar-refractivity contribution in [2.75, 3.05) is 18.1 Å². The monoisotopic (exact) mass is 505 g/mol. The summed E-state index contributed by atoms with van der Waals surface area (Å²) >= 11 is 0. The third kappa shape index (κ3) is 5.01. The number of hydrogen-bond acceptors (Lipinski definition) is 3. The Morgan fingerprint density at radius 1 is 0.553 bits per heavy atom. The van der Waals surface area contributed by atoms with Gasteiger partial charge >= 0.3 is 0 Å². The average molecular weight is 506 g/mol. The van der Waals surface area contributed by atoms with Crippen LogP contribution in [0.3, 0.4) is 0 Å². The van der Waals surface area contributed by atoms with Crippen LogP contribution in [0.2, 0.25) is 0 Å². The zero-order valence-corrected chi connectivity index (χ0v) is 22.7. The van der Waals surface area contributed by atoms with Gasteiger partial charge in [0.1, 0.15) is 0 Å². The second-order valence-electron chi connectivity index (χ2n) is 10.7. The lowest BCUT2D eigenvalue weighted by Gasteiger charge is -2.34. The van der Waals surface area contributed by atoms with Crippen LogP contribution < -0.4 is 4.90 Å². The quantitative estimate of drug-likeness (QED) is 0.201. The van der Waals surface area contributed by atoms with Crippen molar-refractivity contribution in [3.8, 4) is 11.1 Å². The maximum Gasteiger partial charge on any atom is 0.0465 e. The lowest BCUT2D eigenvalue weighted by Crippen LogP contribution is -2.26. The second kappa shape index (κ2) is 11.6. The van der Waals surface area contributed by atoms with Gasteiger partial charge in [-0.3, -0.25) is 0 Å². The van der Waals surface area contributed by atoms with Crippen molar-refractivity contribution in [3.05, 3.63) is 113 Å². The highest BCUT2D eigenvalue weighted by Gasteiger charge is 2.42. The smallest absolute Gasteiger partial charge is 0.0465 e. The van der Waals surface area contributed by atoms with E-state index in [1.165, 1.54) is 33.4 Å². The van der Waals surface area contributed by atoms with E-state index >= 15 is 0 Å². The van der Waals surface area contributed by atoms with E-state index in [9.17, 15) is 10.2 Å². The summed E-state index contributed by atoms with van der Waals surface area (Å²) < 4.78 is 0. The third-order valence-electron chi connectivity index (χ3n) is 8.05. The molecule has 196 valence electrons. The molecule has 0 fully saturated rings. The highest BCUT2D eigenvalue weighted by molar-refractivity contribution is 5.86. The van der Waals surface area contributed by atoms with Gasteiger partial charge in [0.2, 0.25) is 0 Å². The number of aliphatic hydroxyl groups excluding tert-OH is 2. The molecule has 0 spiro atoms. The van der Waals surface area contributed by atoms with E-state index < -0.39 is 0 Å². The predicted molar refractivity (Wildman–Crippen MR) is 159 cm³/mol. The van der Waals surface area contributed by atoms with E-state index in [-0.39, 0.29) is 18.6 Å². The predicted octanol–water partition coefficient (Wildman–Crippen LogP) is 8.36. The Morgan fingerprint density at radius 2 is 1.11 bits per heavy atom. The molecule has 1 aliphatic rings. The fraction of sp³-hybridized carbons (Fsp3) is 0.314. The van der Waals surface area contributed by atoms with E-state index in [1.54, 1.807) is 0 Å². The molecule has 0 unspecified atom stereocenters. The van der Waals surface area contributed by atoms with Gasteiger partial charge in [0.25, 0.3) is 0 Å². The van der Waals surface area contributed by atoms with Gasteiger partial charge in [-0.25, -0.2) is 0 Å². The normalized spacial score (nSPS) is 13.3. The maximum atomic E-state index is 9.60. The third-order valence-corrected chi connectivity index (χ3v) is 8.05. The molecule has 2 N–H and O–H groups in total. The molecule has 0 atom stereocenters. The topological polar surface area (TPSA) is 43.7 Å². The molecule has 1 aliphatic carbocycles. The van der Waals surface area contributed by atoms with Crippen LogP contribution in [-0.2, 0) is 5.41 Å². The summed E-state index contributed by atoms with van der Waals surface area (Å²) in [6.07, 6.45) is 5.51. The van der Waals surface area contributed by atoms with Crippen LogP contribution in [0.15, 0.2) is 91.0 Å². The van der Waals surface area contributed by atoms with Crippen molar-refractivity contribution in [1.82, 2.24) is 0 Å². The average Bonchev–Trinajstić information content (AvgIpc) is 3.19. The van der Waals surface area contributed by atoms with Gasteiger partial charge in [-0.2, -0.15) is 0 Å². The van der Waals surface area contributed by atoms with E-state index in [4.69, 9.17) is 0 Å². The number of fused-ring (bicyclic) bond motifs is 3. The van der Waals surface area contributed by atoms with Gasteiger partial charge in [0.05, 0.1) is 0 Å². The van der Waals surface area contributed by atoms with Crippen molar-refractivity contribution in [2.45, 2.75) is 57.8 Å². The molecule has 4 aromatic carbocycles. The van der Waals surface area contributed by atoms with E-state index in [0.717, 1.165) is 55.6 Å². The summed E-state index contributed by atoms with van der Waals surface area (Å²) in [5, 5.41) is 19.2. The molecule has 0 saturated carbocycles. The van der Waals surface area contributed by atoms with Gasteiger partial charge in [-0.15, -0.1) is 0 Å². The summed E-state index contributed by atoms with van der Waals surface area (Å²) in [5.74, 6) is 0. The zero-order chi connectivity index (χ0) is 26.5. The van der Waals surface area contributed by atoms with Crippen molar-refractivity contribution < 1.29 is 10.2 Å². The van der Waals surface area contributed by atoms with Crippen LogP contribution in [0.25, 0.3) is 11.1 Å². The number of aliphatic hydroxyl groups is 2. The molecule has 5 rings (SSSR count). The summed E-state index contributed by atoms with van der Waals surface area (Å²) in [6, 6.07) is 33.3. The first kappa shape index (κ1) is 26.2. The first-order chi connectivity index (χ1) is 18.6. The van der Waals surface area contributed by atoms with Crippen LogP contribution in [-0.4, -0.2) is 23.4 Å². The number of hydrogen-bond donors (Lipinski definition) is 2. The van der Waals surface area contributed by atoms with Crippen LogP contribution in [0.4, 0.5) is 17.1 Å². The van der Waals surface area contributed by atoms with Crippen molar-refractivity contribution in [1.29, 1.82) is 0 Å². The van der Waals surface area contributed by atoms with E-state index in [1.807, 2.05) is 0 Å². The standard InChI is InChI=1S/C35H39NO2/c1-26-11-9-13-28(23-26)36(29-14-10-12-27(2)24-29)30-17-18-32-31-15-3-4-16-33(31)35(34(32)25-30,19-5-7-21-37)20-6-8-22-38/h3-4,9-18,23-25,37-38H,5-8,19-22H2,1-2H3. The molecule has 0 aromatic heterocycles. The van der Waals surface area contributed by atoms with Gasteiger partial charge in [0.15, 0.2) is 0 Å². The van der Waals surface area contributed by atoms with E-state index in [2.05, 4.69) is 110 Å². The maximum absolute atomic E-state index is 9.60. The Balaban J connectivity index is 1.69. The highest BCUT2D eigenvalue weighted by atomic mass is 16.3. The number of benzene rings is 4. The molecule has 0 aliphatic heterocycles. The summed E-state index contributed by atoms with van der Waals surface area (Å²) in [4.78, 5) is 2.37. The molecule has 4 aromatic rings. The fourth-order valence-electron chi connectivity index (χ4n) is 6.30. The SMILES string of the molecule is Cc1cccc(N(c2cccc(C)c2)c2ccc3c(c2)C(CCCCO)(CCCCO)c2ccccc2-3)c1. The Bertz CT molecular complexity index is 1340. The Hall–Kier alpha value is -3.40. The molecule has 3 heteroatoms. The van der Waals surface area contributed by atoms with Gasteiger partial charge in [-0.05, 0) is 122 Å². The molecule has 0 heterocycles. The zero-order valence-electron chi connectivity index (χ0n) is 22.7.